The molecule has 1 N–H and O–H groups in total. The Balaban J connectivity index is 1.90. The van der Waals surface area contributed by atoms with Crippen molar-refractivity contribution in [1.82, 2.24) is 14.5 Å². The highest BCUT2D eigenvalue weighted by atomic mass is 16.3. The fourth-order valence-electron chi connectivity index (χ4n) is 2.73. The normalized spacial score (nSPS) is 12.2. The molecule has 1 unspecified atom stereocenters. The summed E-state index contributed by atoms with van der Waals surface area (Å²) in [6.45, 7) is 2.98. The summed E-state index contributed by atoms with van der Waals surface area (Å²) in [5.41, 5.74) is 2.43. The number of hydrogen-bond donors (Lipinski definition) is 1. The molecule has 5 nitrogen and oxygen atoms in total. The van der Waals surface area contributed by atoms with Gasteiger partial charge in [-0.1, -0.05) is 43.3 Å². The van der Waals surface area contributed by atoms with Gasteiger partial charge in [0.2, 0.25) is 0 Å². The number of amides is 1. The zero-order chi connectivity index (χ0) is 16.9. The van der Waals surface area contributed by atoms with E-state index in [-0.39, 0.29) is 18.4 Å². The number of nitrogens with zero attached hydrogens (tertiary/aromatic N) is 3. The second-order valence-electron chi connectivity index (χ2n) is 6.05. The summed E-state index contributed by atoms with van der Waals surface area (Å²) in [5.74, 6) is -0.0557. The fourth-order valence-corrected chi connectivity index (χ4v) is 2.73. The van der Waals surface area contributed by atoms with Crippen molar-refractivity contribution in [3.63, 3.8) is 0 Å². The van der Waals surface area contributed by atoms with Gasteiger partial charge in [0.25, 0.3) is 5.91 Å². The van der Waals surface area contributed by atoms with Crippen LogP contribution in [-0.4, -0.2) is 38.7 Å². The van der Waals surface area contributed by atoms with Gasteiger partial charge in [0.15, 0.2) is 0 Å². The highest BCUT2D eigenvalue weighted by molar-refractivity contribution is 6.00. The monoisotopic (exact) mass is 323 g/mol. The van der Waals surface area contributed by atoms with Gasteiger partial charge < -0.3 is 10.0 Å². The molecule has 0 spiro atoms. The van der Waals surface area contributed by atoms with E-state index in [0.717, 1.165) is 11.1 Å². The van der Waals surface area contributed by atoms with E-state index in [4.69, 9.17) is 0 Å². The Morgan fingerprint density at radius 1 is 1.21 bits per heavy atom. The van der Waals surface area contributed by atoms with E-state index < -0.39 is 0 Å². The minimum absolute atomic E-state index is 0.0134. The summed E-state index contributed by atoms with van der Waals surface area (Å²) in [6, 6.07) is 15.5. The topological polar surface area (TPSA) is 57.8 Å². The van der Waals surface area contributed by atoms with Crippen molar-refractivity contribution in [1.29, 1.82) is 0 Å². The van der Waals surface area contributed by atoms with E-state index in [0.29, 0.717) is 18.7 Å². The quantitative estimate of drug-likeness (QED) is 0.758. The molecular formula is C19H21N3O2. The van der Waals surface area contributed by atoms with Gasteiger partial charge in [-0.05, 0) is 23.6 Å². The van der Waals surface area contributed by atoms with E-state index in [1.54, 1.807) is 15.6 Å². The number of fused-ring (bicyclic) bond motifs is 1. The molecule has 2 heterocycles. The SMILES string of the molecule is CC(CO)CN(Cc1ccccc1)C(=O)c1cnn2ccccc12. The summed E-state index contributed by atoms with van der Waals surface area (Å²) in [7, 11) is 0. The van der Waals surface area contributed by atoms with Crippen molar-refractivity contribution < 1.29 is 9.90 Å². The molecule has 1 amide bonds. The molecule has 0 saturated heterocycles. The zero-order valence-corrected chi connectivity index (χ0v) is 13.7. The van der Waals surface area contributed by atoms with Crippen LogP contribution in [0.2, 0.25) is 0 Å². The number of rotatable bonds is 6. The van der Waals surface area contributed by atoms with Crippen LogP contribution in [0.1, 0.15) is 22.8 Å². The second-order valence-corrected chi connectivity index (χ2v) is 6.05. The molecule has 0 aliphatic rings. The zero-order valence-electron chi connectivity index (χ0n) is 13.7. The lowest BCUT2D eigenvalue weighted by Gasteiger charge is -2.25. The predicted molar refractivity (Wildman–Crippen MR) is 92.6 cm³/mol. The Bertz CT molecular complexity index is 814. The van der Waals surface area contributed by atoms with Crippen LogP contribution in [0.4, 0.5) is 0 Å². The van der Waals surface area contributed by atoms with Crippen molar-refractivity contribution in [2.45, 2.75) is 13.5 Å². The average molecular weight is 323 g/mol. The maximum Gasteiger partial charge on any atom is 0.258 e. The van der Waals surface area contributed by atoms with Crippen LogP contribution in [0, 0.1) is 5.92 Å². The van der Waals surface area contributed by atoms with Crippen molar-refractivity contribution in [3.05, 3.63) is 72.1 Å². The van der Waals surface area contributed by atoms with E-state index >= 15 is 0 Å². The first-order valence-electron chi connectivity index (χ1n) is 8.05. The number of hydrogen-bond acceptors (Lipinski definition) is 3. The maximum atomic E-state index is 13.1. The highest BCUT2D eigenvalue weighted by Gasteiger charge is 2.21. The highest BCUT2D eigenvalue weighted by Crippen LogP contribution is 2.16. The number of benzene rings is 1. The molecule has 124 valence electrons. The lowest BCUT2D eigenvalue weighted by molar-refractivity contribution is 0.0696. The van der Waals surface area contributed by atoms with Crippen LogP contribution in [0.5, 0.6) is 0 Å². The number of carbonyl (C=O) groups excluding carboxylic acids is 1. The van der Waals surface area contributed by atoms with Gasteiger partial charge in [0.05, 0.1) is 17.3 Å². The molecule has 2 aromatic heterocycles. The first kappa shape index (κ1) is 16.2. The number of aromatic nitrogens is 2. The molecule has 5 heteroatoms. The van der Waals surface area contributed by atoms with Gasteiger partial charge in [-0.2, -0.15) is 5.10 Å². The summed E-state index contributed by atoms with van der Waals surface area (Å²) in [4.78, 5) is 14.8. The first-order chi connectivity index (χ1) is 11.7. The van der Waals surface area contributed by atoms with Crippen LogP contribution in [-0.2, 0) is 6.54 Å². The standard InChI is InChI=1S/C19H21N3O2/c1-15(14-23)12-21(13-16-7-3-2-4-8-16)19(24)17-11-20-22-10-6-5-9-18(17)22/h2-11,15,23H,12-14H2,1H3. The van der Waals surface area contributed by atoms with Crippen LogP contribution < -0.4 is 0 Å². The Labute approximate surface area is 141 Å². The molecule has 0 saturated carbocycles. The summed E-state index contributed by atoms with van der Waals surface area (Å²) >= 11 is 0. The number of carbonyl (C=O) groups is 1. The Morgan fingerprint density at radius 3 is 2.71 bits per heavy atom. The maximum absolute atomic E-state index is 13.1. The number of aliphatic hydroxyl groups is 1. The third kappa shape index (κ3) is 3.46. The molecular weight excluding hydrogens is 302 g/mol. The second kappa shape index (κ2) is 7.27. The first-order valence-corrected chi connectivity index (χ1v) is 8.05. The van der Waals surface area contributed by atoms with Crippen LogP contribution in [0.3, 0.4) is 0 Å². The summed E-state index contributed by atoms with van der Waals surface area (Å²) in [5, 5.41) is 13.6. The molecule has 1 atom stereocenters. The molecule has 0 fully saturated rings. The number of pyridine rings is 1. The largest absolute Gasteiger partial charge is 0.396 e. The van der Waals surface area contributed by atoms with Gasteiger partial charge in [0, 0.05) is 25.9 Å². The van der Waals surface area contributed by atoms with Gasteiger partial charge in [-0.3, -0.25) is 4.79 Å². The minimum Gasteiger partial charge on any atom is -0.396 e. The van der Waals surface area contributed by atoms with Crippen molar-refractivity contribution in [2.24, 2.45) is 5.92 Å². The minimum atomic E-state index is -0.0691. The molecule has 0 aliphatic heterocycles. The Morgan fingerprint density at radius 2 is 1.96 bits per heavy atom. The van der Waals surface area contributed by atoms with Crippen LogP contribution in [0.25, 0.3) is 5.52 Å². The average Bonchev–Trinajstić information content (AvgIpc) is 3.05. The number of aliphatic hydroxyl groups excluding tert-OH is 1. The van der Waals surface area contributed by atoms with Crippen LogP contribution in [0.15, 0.2) is 60.9 Å². The third-order valence-corrected chi connectivity index (χ3v) is 4.00. The van der Waals surface area contributed by atoms with Crippen molar-refractivity contribution in [3.8, 4) is 0 Å². The summed E-state index contributed by atoms with van der Waals surface area (Å²) < 4.78 is 1.70. The predicted octanol–water partition coefficient (Wildman–Crippen LogP) is 2.61. The molecule has 0 aliphatic carbocycles. The molecule has 3 aromatic rings. The van der Waals surface area contributed by atoms with Gasteiger partial charge in [0.1, 0.15) is 0 Å². The van der Waals surface area contributed by atoms with E-state index in [1.807, 2.05) is 61.7 Å². The van der Waals surface area contributed by atoms with Crippen molar-refractivity contribution >= 4 is 11.4 Å². The lowest BCUT2D eigenvalue weighted by Crippen LogP contribution is -2.35. The van der Waals surface area contributed by atoms with E-state index in [2.05, 4.69) is 5.10 Å². The van der Waals surface area contributed by atoms with Crippen molar-refractivity contribution in [2.75, 3.05) is 13.2 Å². The molecule has 0 radical (unpaired) electrons. The smallest absolute Gasteiger partial charge is 0.258 e. The Hall–Kier alpha value is -2.66. The molecule has 24 heavy (non-hydrogen) atoms. The van der Waals surface area contributed by atoms with Gasteiger partial charge >= 0.3 is 0 Å². The molecule has 1 aromatic carbocycles. The van der Waals surface area contributed by atoms with Crippen LogP contribution >= 0.6 is 0 Å². The Kier molecular flexibility index (Phi) is 4.91. The molecule has 3 rings (SSSR count). The molecule has 0 bridgehead atoms. The van der Waals surface area contributed by atoms with Gasteiger partial charge in [-0.25, -0.2) is 4.52 Å². The van der Waals surface area contributed by atoms with Gasteiger partial charge in [-0.15, -0.1) is 0 Å². The fraction of sp³-hybridized carbons (Fsp3) is 0.263. The lowest BCUT2D eigenvalue weighted by atomic mass is 10.1. The van der Waals surface area contributed by atoms with E-state index in [1.165, 1.54) is 0 Å². The third-order valence-electron chi connectivity index (χ3n) is 4.00. The summed E-state index contributed by atoms with van der Waals surface area (Å²) in [6.07, 6.45) is 3.43. The van der Waals surface area contributed by atoms with E-state index in [9.17, 15) is 9.90 Å².